The summed E-state index contributed by atoms with van der Waals surface area (Å²) in [5.74, 6) is 0.657. The van der Waals surface area contributed by atoms with Gasteiger partial charge in [-0.25, -0.2) is 0 Å². The Bertz CT molecular complexity index is 448. The van der Waals surface area contributed by atoms with Crippen molar-refractivity contribution in [2.24, 2.45) is 0 Å². The van der Waals surface area contributed by atoms with Gasteiger partial charge in [0.15, 0.2) is 11.5 Å². The van der Waals surface area contributed by atoms with Gasteiger partial charge in [0.05, 0.1) is 11.6 Å². The third-order valence-corrected chi connectivity index (χ3v) is 4.30. The van der Waals surface area contributed by atoms with Gasteiger partial charge in [0, 0.05) is 19.1 Å². The van der Waals surface area contributed by atoms with Gasteiger partial charge in [0.2, 0.25) is 0 Å². The summed E-state index contributed by atoms with van der Waals surface area (Å²) in [4.78, 5) is 2.50. The lowest BCUT2D eigenvalue weighted by molar-refractivity contribution is 0.298. The Morgan fingerprint density at radius 3 is 2.75 bits per heavy atom. The molecule has 0 aromatic heterocycles. The summed E-state index contributed by atoms with van der Waals surface area (Å²) in [7, 11) is 1.56. The highest BCUT2D eigenvalue weighted by Gasteiger charge is 2.14. The van der Waals surface area contributed by atoms with Crippen molar-refractivity contribution in [3.63, 3.8) is 0 Å². The summed E-state index contributed by atoms with van der Waals surface area (Å²) in [6, 6.07) is 4.25. The number of rotatable bonds is 6. The van der Waals surface area contributed by atoms with E-state index in [9.17, 15) is 5.11 Å². The molecule has 0 saturated carbocycles. The number of methoxy groups -OCH3 is 1. The van der Waals surface area contributed by atoms with Crippen molar-refractivity contribution in [3.05, 3.63) is 22.2 Å². The normalized spacial score (nSPS) is 17.4. The number of hydrogen-bond donors (Lipinski definition) is 2. The zero-order valence-corrected chi connectivity index (χ0v) is 13.7. The second kappa shape index (κ2) is 7.29. The number of hydrogen-bond acceptors (Lipinski definition) is 4. The van der Waals surface area contributed by atoms with Gasteiger partial charge in [-0.1, -0.05) is 0 Å². The summed E-state index contributed by atoms with van der Waals surface area (Å²) < 4.78 is 5.83. The van der Waals surface area contributed by atoms with E-state index in [-0.39, 0.29) is 5.75 Å². The first-order valence-corrected chi connectivity index (χ1v) is 7.90. The first-order chi connectivity index (χ1) is 9.60. The molecule has 1 aromatic rings. The van der Waals surface area contributed by atoms with E-state index in [4.69, 9.17) is 4.74 Å². The van der Waals surface area contributed by atoms with Crippen LogP contribution in [-0.4, -0.2) is 42.8 Å². The van der Waals surface area contributed by atoms with Crippen molar-refractivity contribution in [3.8, 4) is 11.5 Å². The summed E-state index contributed by atoms with van der Waals surface area (Å²) in [5.41, 5.74) is 1.10. The molecule has 20 heavy (non-hydrogen) atoms. The Morgan fingerprint density at radius 1 is 1.40 bits per heavy atom. The van der Waals surface area contributed by atoms with E-state index in [0.717, 1.165) is 18.7 Å². The van der Waals surface area contributed by atoms with E-state index in [0.29, 0.717) is 16.3 Å². The molecule has 1 fully saturated rings. The molecule has 0 radical (unpaired) electrons. The highest BCUT2D eigenvalue weighted by atomic mass is 79.9. The highest BCUT2D eigenvalue weighted by Crippen LogP contribution is 2.35. The lowest BCUT2D eigenvalue weighted by Crippen LogP contribution is -2.37. The van der Waals surface area contributed by atoms with Crippen molar-refractivity contribution in [1.29, 1.82) is 0 Å². The molecule has 0 spiro atoms. The molecule has 4 nitrogen and oxygen atoms in total. The fourth-order valence-corrected chi connectivity index (χ4v) is 3.08. The van der Waals surface area contributed by atoms with Crippen LogP contribution >= 0.6 is 15.9 Å². The van der Waals surface area contributed by atoms with Crippen LogP contribution in [0.5, 0.6) is 11.5 Å². The summed E-state index contributed by atoms with van der Waals surface area (Å²) in [5, 5.41) is 13.3. The maximum atomic E-state index is 9.79. The van der Waals surface area contributed by atoms with Gasteiger partial charge in [0.1, 0.15) is 0 Å². The maximum absolute atomic E-state index is 9.79. The van der Waals surface area contributed by atoms with Crippen molar-refractivity contribution >= 4 is 15.9 Å². The Morgan fingerprint density at radius 2 is 2.10 bits per heavy atom. The van der Waals surface area contributed by atoms with Crippen LogP contribution in [0.2, 0.25) is 0 Å². The average Bonchev–Trinajstić information content (AvgIpc) is 2.92. The van der Waals surface area contributed by atoms with E-state index >= 15 is 0 Å². The maximum Gasteiger partial charge on any atom is 0.172 e. The van der Waals surface area contributed by atoms with Gasteiger partial charge in [-0.2, -0.15) is 0 Å². The second-order valence-electron chi connectivity index (χ2n) is 5.42. The predicted octanol–water partition coefficient (Wildman–Crippen LogP) is 2.74. The molecular weight excluding hydrogens is 320 g/mol. The van der Waals surface area contributed by atoms with Gasteiger partial charge >= 0.3 is 0 Å². The SMILES string of the molecule is COc1cc(CNC(C)CN2CCCC2)cc(Br)c1O. The molecule has 0 bridgehead atoms. The molecule has 1 heterocycles. The van der Waals surface area contributed by atoms with Crippen LogP contribution < -0.4 is 10.1 Å². The molecule has 1 aromatic carbocycles. The molecule has 2 rings (SSSR count). The standard InChI is InChI=1S/C15H23BrN2O2/c1-11(10-18-5-3-4-6-18)17-9-12-7-13(16)15(19)14(8-12)20-2/h7-8,11,17,19H,3-6,9-10H2,1-2H3. The largest absolute Gasteiger partial charge is 0.503 e. The van der Waals surface area contributed by atoms with Crippen LogP contribution in [-0.2, 0) is 6.54 Å². The molecule has 2 N–H and O–H groups in total. The zero-order chi connectivity index (χ0) is 14.5. The number of halogens is 1. The van der Waals surface area contributed by atoms with Crippen LogP contribution in [0, 0.1) is 0 Å². The topological polar surface area (TPSA) is 44.7 Å². The number of phenols is 1. The minimum Gasteiger partial charge on any atom is -0.503 e. The van der Waals surface area contributed by atoms with E-state index in [1.807, 2.05) is 12.1 Å². The summed E-state index contributed by atoms with van der Waals surface area (Å²) in [6.07, 6.45) is 2.66. The van der Waals surface area contributed by atoms with Crippen LogP contribution in [0.15, 0.2) is 16.6 Å². The first kappa shape index (κ1) is 15.6. The van der Waals surface area contributed by atoms with Crippen molar-refractivity contribution < 1.29 is 9.84 Å². The molecule has 1 atom stereocenters. The quantitative estimate of drug-likeness (QED) is 0.834. The fourth-order valence-electron chi connectivity index (χ4n) is 2.59. The number of nitrogens with zero attached hydrogens (tertiary/aromatic N) is 1. The smallest absolute Gasteiger partial charge is 0.172 e. The van der Waals surface area contributed by atoms with Crippen molar-refractivity contribution in [2.75, 3.05) is 26.7 Å². The Labute approximate surface area is 129 Å². The molecule has 0 aliphatic carbocycles. The number of likely N-dealkylation sites (tertiary alicyclic amines) is 1. The minimum absolute atomic E-state index is 0.154. The summed E-state index contributed by atoms with van der Waals surface area (Å²) >= 11 is 3.35. The van der Waals surface area contributed by atoms with E-state index in [2.05, 4.69) is 33.1 Å². The molecule has 0 amide bonds. The molecule has 1 saturated heterocycles. The van der Waals surface area contributed by atoms with E-state index < -0.39 is 0 Å². The van der Waals surface area contributed by atoms with E-state index in [1.165, 1.54) is 25.9 Å². The molecule has 112 valence electrons. The summed E-state index contributed by atoms with van der Waals surface area (Å²) in [6.45, 7) is 6.53. The Hall–Kier alpha value is -0.780. The number of phenolic OH excluding ortho intramolecular Hbond substituents is 1. The Kier molecular flexibility index (Phi) is 5.69. The fraction of sp³-hybridized carbons (Fsp3) is 0.600. The lowest BCUT2D eigenvalue weighted by atomic mass is 10.2. The van der Waals surface area contributed by atoms with Gasteiger partial charge < -0.3 is 20.1 Å². The lowest BCUT2D eigenvalue weighted by Gasteiger charge is -2.21. The average molecular weight is 343 g/mol. The molecule has 5 heteroatoms. The van der Waals surface area contributed by atoms with Crippen molar-refractivity contribution in [1.82, 2.24) is 10.2 Å². The van der Waals surface area contributed by atoms with Crippen molar-refractivity contribution in [2.45, 2.75) is 32.4 Å². The van der Waals surface area contributed by atoms with E-state index in [1.54, 1.807) is 7.11 Å². The third kappa shape index (κ3) is 4.11. The molecule has 1 aliphatic heterocycles. The van der Waals surface area contributed by atoms with Crippen LogP contribution in [0.3, 0.4) is 0 Å². The predicted molar refractivity (Wildman–Crippen MR) is 84.3 cm³/mol. The number of aromatic hydroxyl groups is 1. The van der Waals surface area contributed by atoms with Crippen LogP contribution in [0.1, 0.15) is 25.3 Å². The van der Waals surface area contributed by atoms with Gasteiger partial charge in [-0.15, -0.1) is 0 Å². The third-order valence-electron chi connectivity index (χ3n) is 3.69. The van der Waals surface area contributed by atoms with Crippen LogP contribution in [0.4, 0.5) is 0 Å². The van der Waals surface area contributed by atoms with Gasteiger partial charge in [0.25, 0.3) is 0 Å². The van der Waals surface area contributed by atoms with Gasteiger partial charge in [-0.3, -0.25) is 0 Å². The number of benzene rings is 1. The molecule has 1 aliphatic rings. The Balaban J connectivity index is 1.88. The first-order valence-electron chi connectivity index (χ1n) is 7.11. The van der Waals surface area contributed by atoms with Crippen LogP contribution in [0.25, 0.3) is 0 Å². The molecule has 1 unspecified atom stereocenters. The van der Waals surface area contributed by atoms with Gasteiger partial charge in [-0.05, 0) is 66.5 Å². The minimum atomic E-state index is 0.154. The zero-order valence-electron chi connectivity index (χ0n) is 12.2. The second-order valence-corrected chi connectivity index (χ2v) is 6.27. The molecular formula is C15H23BrN2O2. The highest BCUT2D eigenvalue weighted by molar-refractivity contribution is 9.10. The number of nitrogens with one attached hydrogen (secondary N) is 1. The number of ether oxygens (including phenoxy) is 1. The monoisotopic (exact) mass is 342 g/mol.